The van der Waals surface area contributed by atoms with Gasteiger partial charge in [-0.3, -0.25) is 14.5 Å². The van der Waals surface area contributed by atoms with Gasteiger partial charge in [-0.25, -0.2) is 0 Å². The van der Waals surface area contributed by atoms with Crippen LogP contribution in [-0.4, -0.2) is 42.9 Å². The summed E-state index contributed by atoms with van der Waals surface area (Å²) in [5, 5.41) is 0. The molecule has 1 saturated heterocycles. The van der Waals surface area contributed by atoms with Gasteiger partial charge in [-0.2, -0.15) is 0 Å². The number of rotatable bonds is 3. The van der Waals surface area contributed by atoms with Crippen LogP contribution < -0.4 is 0 Å². The first-order valence-electron chi connectivity index (χ1n) is 5.98. The summed E-state index contributed by atoms with van der Waals surface area (Å²) < 4.78 is 4.86. The highest BCUT2D eigenvalue weighted by Crippen LogP contribution is 2.37. The van der Waals surface area contributed by atoms with Gasteiger partial charge in [0.1, 0.15) is 11.8 Å². The van der Waals surface area contributed by atoms with Crippen molar-refractivity contribution in [3.63, 3.8) is 0 Å². The van der Waals surface area contributed by atoms with Crippen LogP contribution >= 0.6 is 0 Å². The van der Waals surface area contributed by atoms with E-state index in [9.17, 15) is 9.59 Å². The zero-order valence-corrected chi connectivity index (χ0v) is 9.94. The lowest BCUT2D eigenvalue weighted by molar-refractivity contribution is -0.150. The summed E-state index contributed by atoms with van der Waals surface area (Å²) in [6.45, 7) is 3.35. The second-order valence-corrected chi connectivity index (χ2v) is 4.92. The van der Waals surface area contributed by atoms with E-state index in [2.05, 4.69) is 4.90 Å². The monoisotopic (exact) mass is 225 g/mol. The highest BCUT2D eigenvalue weighted by Gasteiger charge is 2.42. The van der Waals surface area contributed by atoms with E-state index in [1.54, 1.807) is 0 Å². The van der Waals surface area contributed by atoms with Gasteiger partial charge in [0, 0.05) is 25.4 Å². The number of methoxy groups -OCH3 is 1. The number of carbonyl (C=O) groups is 2. The molecule has 0 bridgehead atoms. The third-order valence-electron chi connectivity index (χ3n) is 3.61. The van der Waals surface area contributed by atoms with Crippen LogP contribution in [-0.2, 0) is 14.3 Å². The molecule has 2 unspecified atom stereocenters. The minimum Gasteiger partial charge on any atom is -0.468 e. The quantitative estimate of drug-likeness (QED) is 0.668. The average molecular weight is 225 g/mol. The first-order valence-corrected chi connectivity index (χ1v) is 5.98. The van der Waals surface area contributed by atoms with E-state index in [4.69, 9.17) is 4.74 Å². The van der Waals surface area contributed by atoms with Gasteiger partial charge in [-0.15, -0.1) is 0 Å². The fraction of sp³-hybridized carbons (Fsp3) is 0.833. The number of Topliss-reactive ketones (excluding diaryl/α,β-unsaturated/α-hetero) is 1. The lowest BCUT2D eigenvalue weighted by Crippen LogP contribution is -2.50. The van der Waals surface area contributed by atoms with Crippen LogP contribution in [0.2, 0.25) is 0 Å². The summed E-state index contributed by atoms with van der Waals surface area (Å²) in [6.07, 6.45) is 2.79. The molecule has 0 aromatic rings. The van der Waals surface area contributed by atoms with Crippen molar-refractivity contribution in [3.05, 3.63) is 0 Å². The van der Waals surface area contributed by atoms with Crippen molar-refractivity contribution in [2.24, 2.45) is 11.8 Å². The molecule has 0 radical (unpaired) electrons. The first-order chi connectivity index (χ1) is 7.63. The molecule has 4 nitrogen and oxygen atoms in total. The van der Waals surface area contributed by atoms with Gasteiger partial charge in [-0.05, 0) is 18.8 Å². The Morgan fingerprint density at radius 1 is 1.50 bits per heavy atom. The number of likely N-dealkylation sites (tertiary alicyclic amines) is 1. The molecule has 0 aromatic carbocycles. The van der Waals surface area contributed by atoms with E-state index in [0.717, 1.165) is 12.8 Å². The second kappa shape index (κ2) is 4.53. The first kappa shape index (κ1) is 11.6. The summed E-state index contributed by atoms with van der Waals surface area (Å²) in [7, 11) is 1.44. The fourth-order valence-electron chi connectivity index (χ4n) is 2.47. The lowest BCUT2D eigenvalue weighted by Gasteiger charge is -2.35. The van der Waals surface area contributed by atoms with E-state index in [0.29, 0.717) is 31.2 Å². The molecule has 1 aliphatic carbocycles. The van der Waals surface area contributed by atoms with Crippen molar-refractivity contribution in [1.29, 1.82) is 0 Å². The molecule has 0 amide bonds. The molecule has 1 heterocycles. The van der Waals surface area contributed by atoms with Crippen LogP contribution in [0.25, 0.3) is 0 Å². The van der Waals surface area contributed by atoms with Gasteiger partial charge >= 0.3 is 5.97 Å². The lowest BCUT2D eigenvalue weighted by atomic mass is 9.96. The van der Waals surface area contributed by atoms with Crippen LogP contribution in [0.5, 0.6) is 0 Å². The van der Waals surface area contributed by atoms with Crippen molar-refractivity contribution in [2.75, 3.05) is 20.2 Å². The molecule has 0 aromatic heterocycles. The number of carbonyl (C=O) groups excluding carboxylic acids is 2. The molecule has 2 aliphatic rings. The molecule has 2 rings (SSSR count). The van der Waals surface area contributed by atoms with E-state index in [1.807, 2.05) is 6.92 Å². The smallest absolute Gasteiger partial charge is 0.323 e. The topological polar surface area (TPSA) is 46.6 Å². The Hall–Kier alpha value is -0.900. The van der Waals surface area contributed by atoms with Gasteiger partial charge in [0.25, 0.3) is 0 Å². The average Bonchev–Trinajstić information content (AvgIpc) is 3.07. The number of ketones is 1. The molecule has 1 saturated carbocycles. The van der Waals surface area contributed by atoms with Crippen molar-refractivity contribution in [1.82, 2.24) is 4.90 Å². The van der Waals surface area contributed by atoms with E-state index < -0.39 is 0 Å². The number of nitrogens with zero attached hydrogens (tertiary/aromatic N) is 1. The van der Waals surface area contributed by atoms with Crippen LogP contribution in [0, 0.1) is 11.8 Å². The molecule has 0 N–H and O–H groups in total. The second-order valence-electron chi connectivity index (χ2n) is 4.92. The normalized spacial score (nSPS) is 28.9. The Morgan fingerprint density at radius 2 is 2.19 bits per heavy atom. The largest absolute Gasteiger partial charge is 0.468 e. The Morgan fingerprint density at radius 3 is 2.69 bits per heavy atom. The van der Waals surface area contributed by atoms with E-state index in [1.165, 1.54) is 7.11 Å². The fourth-order valence-corrected chi connectivity index (χ4v) is 2.47. The minimum atomic E-state index is -0.135. The van der Waals surface area contributed by atoms with E-state index >= 15 is 0 Å². The van der Waals surface area contributed by atoms with Crippen molar-refractivity contribution in [3.8, 4) is 0 Å². The van der Waals surface area contributed by atoms with Gasteiger partial charge in [0.2, 0.25) is 0 Å². The molecule has 1 aliphatic heterocycles. The van der Waals surface area contributed by atoms with Crippen molar-refractivity contribution < 1.29 is 14.3 Å². The summed E-state index contributed by atoms with van der Waals surface area (Å²) in [5.74, 6) is 0.687. The third kappa shape index (κ3) is 2.26. The number of esters is 1. The zero-order valence-electron chi connectivity index (χ0n) is 9.94. The molecular formula is C12H19NO3. The molecule has 0 spiro atoms. The third-order valence-corrected chi connectivity index (χ3v) is 3.61. The Labute approximate surface area is 95.9 Å². The zero-order chi connectivity index (χ0) is 11.7. The maximum Gasteiger partial charge on any atom is 0.323 e. The standard InChI is InChI=1S/C12H19NO3/c1-8-7-13(6-5-10(8)14)11(9-3-4-9)12(15)16-2/h8-9,11H,3-7H2,1-2H3. The Bertz CT molecular complexity index is 299. The highest BCUT2D eigenvalue weighted by molar-refractivity contribution is 5.82. The summed E-state index contributed by atoms with van der Waals surface area (Å²) in [6, 6.07) is -0.111. The molecular weight excluding hydrogens is 206 g/mol. The van der Waals surface area contributed by atoms with Crippen LogP contribution in [0.1, 0.15) is 26.2 Å². The van der Waals surface area contributed by atoms with Gasteiger partial charge in [0.05, 0.1) is 7.11 Å². The maximum absolute atomic E-state index is 11.7. The number of hydrogen-bond acceptors (Lipinski definition) is 4. The van der Waals surface area contributed by atoms with E-state index in [-0.39, 0.29) is 17.9 Å². The van der Waals surface area contributed by atoms with Gasteiger partial charge in [0.15, 0.2) is 0 Å². The van der Waals surface area contributed by atoms with Gasteiger partial charge < -0.3 is 4.74 Å². The summed E-state index contributed by atoms with van der Waals surface area (Å²) in [5.41, 5.74) is 0. The Balaban J connectivity index is 2.03. The van der Waals surface area contributed by atoms with Crippen molar-refractivity contribution in [2.45, 2.75) is 32.2 Å². The molecule has 90 valence electrons. The van der Waals surface area contributed by atoms with Crippen LogP contribution in [0.4, 0.5) is 0 Å². The summed E-state index contributed by atoms with van der Waals surface area (Å²) >= 11 is 0. The minimum absolute atomic E-state index is 0.0552. The van der Waals surface area contributed by atoms with Crippen LogP contribution in [0.3, 0.4) is 0 Å². The summed E-state index contributed by atoms with van der Waals surface area (Å²) in [4.78, 5) is 25.3. The Kier molecular flexibility index (Phi) is 3.28. The molecule has 2 fully saturated rings. The molecule has 16 heavy (non-hydrogen) atoms. The number of hydrogen-bond donors (Lipinski definition) is 0. The number of piperidine rings is 1. The predicted octanol–water partition coefficient (Wildman–Crippen LogP) is 0.849. The van der Waals surface area contributed by atoms with Crippen molar-refractivity contribution >= 4 is 11.8 Å². The number of ether oxygens (including phenoxy) is 1. The molecule has 4 heteroatoms. The van der Waals surface area contributed by atoms with Gasteiger partial charge in [-0.1, -0.05) is 6.92 Å². The predicted molar refractivity (Wildman–Crippen MR) is 58.9 cm³/mol. The maximum atomic E-state index is 11.7. The molecule has 2 atom stereocenters. The van der Waals surface area contributed by atoms with Crippen LogP contribution in [0.15, 0.2) is 0 Å². The highest BCUT2D eigenvalue weighted by atomic mass is 16.5. The SMILES string of the molecule is COC(=O)C(C1CC1)N1CCC(=O)C(C)C1.